The molecule has 1 aromatic heterocycles. The van der Waals surface area contributed by atoms with Crippen LogP contribution in [0.1, 0.15) is 25.3 Å². The van der Waals surface area contributed by atoms with Crippen molar-refractivity contribution in [1.29, 1.82) is 0 Å². The van der Waals surface area contributed by atoms with Crippen molar-refractivity contribution in [1.82, 2.24) is 25.3 Å². The third kappa shape index (κ3) is 3.79. The fourth-order valence-electron chi connectivity index (χ4n) is 3.65. The number of aryl methyl sites for hydroxylation is 1. The first kappa shape index (κ1) is 17.4. The van der Waals surface area contributed by atoms with Gasteiger partial charge < -0.3 is 15.4 Å². The highest BCUT2D eigenvalue weighted by atomic mass is 16.5. The van der Waals surface area contributed by atoms with Crippen LogP contribution in [-0.2, 0) is 16.6 Å². The van der Waals surface area contributed by atoms with Crippen LogP contribution in [-0.4, -0.2) is 72.1 Å². The Morgan fingerprint density at radius 1 is 1.42 bits per heavy atom. The van der Waals surface area contributed by atoms with E-state index in [4.69, 9.17) is 4.74 Å². The van der Waals surface area contributed by atoms with E-state index < -0.39 is 0 Å². The molecule has 2 atom stereocenters. The molecule has 2 saturated heterocycles. The summed E-state index contributed by atoms with van der Waals surface area (Å²) < 4.78 is 7.22. The molecule has 3 heterocycles. The highest BCUT2D eigenvalue weighted by Crippen LogP contribution is 2.28. The van der Waals surface area contributed by atoms with Crippen LogP contribution in [0.15, 0.2) is 12.4 Å². The molecule has 1 amide bonds. The number of carbonyl (C=O) groups excluding carboxylic acids is 1. The second kappa shape index (κ2) is 7.21. The van der Waals surface area contributed by atoms with Gasteiger partial charge in [0, 0.05) is 57.4 Å². The lowest BCUT2D eigenvalue weighted by atomic mass is 9.90. The Balaban J connectivity index is 1.57. The van der Waals surface area contributed by atoms with Gasteiger partial charge in [0.15, 0.2) is 0 Å². The lowest BCUT2D eigenvalue weighted by Gasteiger charge is -2.41. The second-order valence-electron chi connectivity index (χ2n) is 7.45. The monoisotopic (exact) mass is 335 g/mol. The minimum absolute atomic E-state index is 0.0327. The van der Waals surface area contributed by atoms with Gasteiger partial charge in [0.1, 0.15) is 0 Å². The molecule has 0 saturated carbocycles. The molecule has 0 spiro atoms. The predicted octanol–water partition coefficient (Wildman–Crippen LogP) is -0.0499. The molecule has 0 aliphatic carbocycles. The van der Waals surface area contributed by atoms with E-state index in [1.807, 2.05) is 19.4 Å². The van der Waals surface area contributed by atoms with Crippen molar-refractivity contribution in [2.75, 3.05) is 45.9 Å². The molecule has 7 nitrogen and oxygen atoms in total. The predicted molar refractivity (Wildman–Crippen MR) is 91.8 cm³/mol. The standard InChI is InChI=1S/C17H29N5O2/c1-17(2,22-4-6-24-7-5-22)12-19-16(23)15-10-18-9-14(15)13-8-20-21(3)11-13/h8,11,14-15,18H,4-7,9-10,12H2,1-3H3,(H,19,23)/t14-,15+/m1/s1. The molecule has 1 aromatic rings. The molecule has 2 aliphatic rings. The minimum Gasteiger partial charge on any atom is -0.379 e. The van der Waals surface area contributed by atoms with Gasteiger partial charge in [-0.05, 0) is 19.4 Å². The largest absolute Gasteiger partial charge is 0.379 e. The van der Waals surface area contributed by atoms with E-state index in [0.717, 1.165) is 45.0 Å². The maximum atomic E-state index is 12.7. The van der Waals surface area contributed by atoms with Crippen LogP contribution in [0.2, 0.25) is 0 Å². The second-order valence-corrected chi connectivity index (χ2v) is 7.45. The molecule has 2 fully saturated rings. The number of ether oxygens (including phenoxy) is 1. The number of hydrogen-bond acceptors (Lipinski definition) is 5. The third-order valence-electron chi connectivity index (χ3n) is 5.27. The van der Waals surface area contributed by atoms with Gasteiger partial charge in [0.05, 0.1) is 25.3 Å². The lowest BCUT2D eigenvalue weighted by Crippen LogP contribution is -2.56. The Morgan fingerprint density at radius 3 is 2.83 bits per heavy atom. The number of rotatable bonds is 5. The van der Waals surface area contributed by atoms with Crippen LogP contribution in [0.25, 0.3) is 0 Å². The van der Waals surface area contributed by atoms with Crippen molar-refractivity contribution in [2.24, 2.45) is 13.0 Å². The summed E-state index contributed by atoms with van der Waals surface area (Å²) >= 11 is 0. The lowest BCUT2D eigenvalue weighted by molar-refractivity contribution is -0.125. The van der Waals surface area contributed by atoms with Gasteiger partial charge in [-0.3, -0.25) is 14.4 Å². The molecule has 24 heavy (non-hydrogen) atoms. The summed E-state index contributed by atoms with van der Waals surface area (Å²) in [6, 6.07) is 0. The number of nitrogens with one attached hydrogen (secondary N) is 2. The number of aromatic nitrogens is 2. The summed E-state index contributed by atoms with van der Waals surface area (Å²) in [6.07, 6.45) is 3.88. The van der Waals surface area contributed by atoms with Crippen molar-refractivity contribution < 1.29 is 9.53 Å². The SMILES string of the molecule is Cn1cc([C@H]2CNC[C@@H]2C(=O)NCC(C)(C)N2CCOCC2)cn1. The molecule has 0 bridgehead atoms. The summed E-state index contributed by atoms with van der Waals surface area (Å²) in [7, 11) is 1.91. The van der Waals surface area contributed by atoms with E-state index in [0.29, 0.717) is 6.54 Å². The Hall–Kier alpha value is -1.44. The molecule has 134 valence electrons. The van der Waals surface area contributed by atoms with E-state index in [-0.39, 0.29) is 23.3 Å². The molecule has 2 N–H and O–H groups in total. The van der Waals surface area contributed by atoms with Crippen LogP contribution in [0, 0.1) is 5.92 Å². The van der Waals surface area contributed by atoms with E-state index >= 15 is 0 Å². The number of amides is 1. The number of morpholine rings is 1. The maximum Gasteiger partial charge on any atom is 0.225 e. The van der Waals surface area contributed by atoms with Crippen molar-refractivity contribution in [3.8, 4) is 0 Å². The zero-order valence-electron chi connectivity index (χ0n) is 14.9. The van der Waals surface area contributed by atoms with E-state index in [9.17, 15) is 4.79 Å². The van der Waals surface area contributed by atoms with Crippen molar-refractivity contribution >= 4 is 5.91 Å². The fraction of sp³-hybridized carbons (Fsp3) is 0.765. The van der Waals surface area contributed by atoms with Gasteiger partial charge in [0.25, 0.3) is 0 Å². The van der Waals surface area contributed by atoms with Gasteiger partial charge >= 0.3 is 0 Å². The summed E-state index contributed by atoms with van der Waals surface area (Å²) in [5, 5.41) is 10.8. The highest BCUT2D eigenvalue weighted by Gasteiger charge is 2.36. The number of hydrogen-bond donors (Lipinski definition) is 2. The van der Waals surface area contributed by atoms with Gasteiger partial charge in [0.2, 0.25) is 5.91 Å². The van der Waals surface area contributed by atoms with Crippen LogP contribution >= 0.6 is 0 Å². The molecule has 3 rings (SSSR count). The Labute approximate surface area is 143 Å². The summed E-state index contributed by atoms with van der Waals surface area (Å²) in [5.74, 6) is 0.301. The van der Waals surface area contributed by atoms with Crippen LogP contribution < -0.4 is 10.6 Å². The Morgan fingerprint density at radius 2 is 2.17 bits per heavy atom. The Kier molecular flexibility index (Phi) is 5.22. The number of carbonyl (C=O) groups is 1. The smallest absolute Gasteiger partial charge is 0.225 e. The van der Waals surface area contributed by atoms with E-state index in [1.165, 1.54) is 0 Å². The van der Waals surface area contributed by atoms with Crippen LogP contribution in [0.3, 0.4) is 0 Å². The van der Waals surface area contributed by atoms with Crippen molar-refractivity contribution in [3.63, 3.8) is 0 Å². The summed E-state index contributed by atoms with van der Waals surface area (Å²) in [6.45, 7) is 9.97. The average Bonchev–Trinajstić information content (AvgIpc) is 3.22. The zero-order chi connectivity index (χ0) is 17.2. The van der Waals surface area contributed by atoms with Crippen molar-refractivity contribution in [2.45, 2.75) is 25.3 Å². The molecular formula is C17H29N5O2. The molecular weight excluding hydrogens is 306 g/mol. The third-order valence-corrected chi connectivity index (χ3v) is 5.27. The average molecular weight is 335 g/mol. The van der Waals surface area contributed by atoms with Gasteiger partial charge in [-0.1, -0.05) is 0 Å². The summed E-state index contributed by atoms with van der Waals surface area (Å²) in [5.41, 5.74) is 1.07. The van der Waals surface area contributed by atoms with Gasteiger partial charge in [-0.15, -0.1) is 0 Å². The fourth-order valence-corrected chi connectivity index (χ4v) is 3.65. The molecule has 0 aromatic carbocycles. The van der Waals surface area contributed by atoms with Gasteiger partial charge in [-0.25, -0.2) is 0 Å². The normalized spacial score (nSPS) is 25.8. The van der Waals surface area contributed by atoms with Gasteiger partial charge in [-0.2, -0.15) is 5.10 Å². The highest BCUT2D eigenvalue weighted by molar-refractivity contribution is 5.80. The summed E-state index contributed by atoms with van der Waals surface area (Å²) in [4.78, 5) is 15.1. The zero-order valence-corrected chi connectivity index (χ0v) is 14.9. The first-order valence-corrected chi connectivity index (χ1v) is 8.77. The molecule has 0 radical (unpaired) electrons. The topological polar surface area (TPSA) is 71.4 Å². The van der Waals surface area contributed by atoms with E-state index in [2.05, 4.69) is 34.5 Å². The Bertz CT molecular complexity index is 565. The van der Waals surface area contributed by atoms with Crippen LogP contribution in [0.5, 0.6) is 0 Å². The molecule has 7 heteroatoms. The minimum atomic E-state index is -0.0602. The molecule has 2 aliphatic heterocycles. The maximum absolute atomic E-state index is 12.7. The molecule has 0 unspecified atom stereocenters. The first-order chi connectivity index (χ1) is 11.5. The quantitative estimate of drug-likeness (QED) is 0.789. The van der Waals surface area contributed by atoms with E-state index in [1.54, 1.807) is 4.68 Å². The number of nitrogens with zero attached hydrogens (tertiary/aromatic N) is 3. The van der Waals surface area contributed by atoms with Crippen LogP contribution in [0.4, 0.5) is 0 Å². The first-order valence-electron chi connectivity index (χ1n) is 8.77. The van der Waals surface area contributed by atoms with Crippen molar-refractivity contribution in [3.05, 3.63) is 18.0 Å².